The molecule has 0 aliphatic carbocycles. The highest BCUT2D eigenvalue weighted by atomic mass is 32.2. The molecule has 130 valence electrons. The lowest BCUT2D eigenvalue weighted by molar-refractivity contribution is 0.323. The third kappa shape index (κ3) is 3.78. The molecule has 0 amide bonds. The van der Waals surface area contributed by atoms with Crippen molar-refractivity contribution >= 4 is 39.3 Å². The normalized spacial score (nSPS) is 16.4. The van der Waals surface area contributed by atoms with E-state index in [-0.39, 0.29) is 6.04 Å². The minimum Gasteiger partial charge on any atom is -0.361 e. The molecule has 0 bridgehead atoms. The number of hydrogen-bond acceptors (Lipinski definition) is 7. The van der Waals surface area contributed by atoms with Gasteiger partial charge in [-0.15, -0.1) is 11.3 Å². The fraction of sp³-hybridized carbons (Fsp3) is 0.389. The smallest absolute Gasteiger partial charge is 0.176 e. The van der Waals surface area contributed by atoms with E-state index >= 15 is 0 Å². The Morgan fingerprint density at radius 2 is 2.00 bits per heavy atom. The maximum Gasteiger partial charge on any atom is 0.176 e. The van der Waals surface area contributed by atoms with Crippen molar-refractivity contribution in [2.45, 2.75) is 23.2 Å². The Balaban J connectivity index is 1.64. The first-order chi connectivity index (χ1) is 12.3. The van der Waals surface area contributed by atoms with Gasteiger partial charge in [-0.1, -0.05) is 42.1 Å². The van der Waals surface area contributed by atoms with E-state index in [0.29, 0.717) is 0 Å². The molecule has 1 unspecified atom stereocenters. The molecule has 0 saturated carbocycles. The molecule has 3 aromatic rings. The van der Waals surface area contributed by atoms with Crippen LogP contribution in [0.4, 0.5) is 5.82 Å². The van der Waals surface area contributed by atoms with Crippen LogP contribution in [0.1, 0.15) is 24.4 Å². The number of hydrogen-bond donors (Lipinski definition) is 1. The van der Waals surface area contributed by atoms with Crippen LogP contribution in [0.3, 0.4) is 0 Å². The van der Waals surface area contributed by atoms with Crippen molar-refractivity contribution in [3.8, 4) is 0 Å². The standard InChI is InChI=1S/C18H21N5S2/c1-24-18-22-17-15(25-18)16(19-12-20-17)21-14(11-23-9-5-6-10-23)13-7-3-2-4-8-13/h2-4,7-8,12,14H,5-6,9-11H2,1H3,(H,19,20,21). The Hall–Kier alpha value is -1.70. The molecule has 1 N–H and O–H groups in total. The van der Waals surface area contributed by atoms with E-state index in [2.05, 4.69) is 55.5 Å². The monoisotopic (exact) mass is 371 g/mol. The summed E-state index contributed by atoms with van der Waals surface area (Å²) in [6, 6.07) is 10.8. The number of nitrogens with zero attached hydrogens (tertiary/aromatic N) is 4. The Bertz CT molecular complexity index is 830. The summed E-state index contributed by atoms with van der Waals surface area (Å²) in [6.45, 7) is 3.35. The summed E-state index contributed by atoms with van der Waals surface area (Å²) in [7, 11) is 0. The summed E-state index contributed by atoms with van der Waals surface area (Å²) in [5.74, 6) is 0.885. The summed E-state index contributed by atoms with van der Waals surface area (Å²) < 4.78 is 2.06. The van der Waals surface area contributed by atoms with E-state index in [0.717, 1.165) is 27.0 Å². The predicted octanol–water partition coefficient (Wildman–Crippen LogP) is 4.06. The van der Waals surface area contributed by atoms with Crippen molar-refractivity contribution in [2.24, 2.45) is 0 Å². The number of fused-ring (bicyclic) bond motifs is 1. The van der Waals surface area contributed by atoms with Gasteiger partial charge in [-0.25, -0.2) is 15.0 Å². The highest BCUT2D eigenvalue weighted by Crippen LogP contribution is 2.33. The average Bonchev–Trinajstić information content (AvgIpc) is 3.31. The molecule has 7 heteroatoms. The van der Waals surface area contributed by atoms with Crippen molar-refractivity contribution < 1.29 is 0 Å². The molecule has 1 aliphatic rings. The van der Waals surface area contributed by atoms with Crippen LogP contribution in [0, 0.1) is 0 Å². The van der Waals surface area contributed by atoms with Gasteiger partial charge in [0.15, 0.2) is 9.99 Å². The number of nitrogens with one attached hydrogen (secondary N) is 1. The molecule has 0 radical (unpaired) electrons. The Kier molecular flexibility index (Phi) is 5.14. The molecule has 2 aromatic heterocycles. The molecule has 1 atom stereocenters. The lowest BCUT2D eigenvalue weighted by atomic mass is 10.1. The zero-order valence-corrected chi connectivity index (χ0v) is 15.8. The Morgan fingerprint density at radius 1 is 1.20 bits per heavy atom. The summed E-state index contributed by atoms with van der Waals surface area (Å²) >= 11 is 3.30. The lowest BCUT2D eigenvalue weighted by Gasteiger charge is -2.25. The van der Waals surface area contributed by atoms with Crippen LogP contribution in [0.25, 0.3) is 10.3 Å². The van der Waals surface area contributed by atoms with E-state index in [9.17, 15) is 0 Å². The number of aromatic nitrogens is 3. The van der Waals surface area contributed by atoms with Gasteiger partial charge in [-0.2, -0.15) is 0 Å². The van der Waals surface area contributed by atoms with Crippen LogP contribution in [0.5, 0.6) is 0 Å². The third-order valence-corrected chi connectivity index (χ3v) is 6.54. The first kappa shape index (κ1) is 16.8. The van der Waals surface area contributed by atoms with Crippen LogP contribution >= 0.6 is 23.1 Å². The van der Waals surface area contributed by atoms with Crippen molar-refractivity contribution in [1.82, 2.24) is 19.9 Å². The van der Waals surface area contributed by atoms with Crippen LogP contribution in [-0.4, -0.2) is 45.7 Å². The van der Waals surface area contributed by atoms with Crippen LogP contribution < -0.4 is 5.32 Å². The van der Waals surface area contributed by atoms with Gasteiger partial charge in [-0.05, 0) is 37.8 Å². The maximum absolute atomic E-state index is 4.56. The summed E-state index contributed by atoms with van der Waals surface area (Å²) in [4.78, 5) is 15.9. The summed E-state index contributed by atoms with van der Waals surface area (Å²) in [5.41, 5.74) is 2.07. The van der Waals surface area contributed by atoms with Gasteiger partial charge >= 0.3 is 0 Å². The number of thioether (sulfide) groups is 1. The fourth-order valence-electron chi connectivity index (χ4n) is 3.23. The van der Waals surface area contributed by atoms with Crippen molar-refractivity contribution in [1.29, 1.82) is 0 Å². The van der Waals surface area contributed by atoms with Crippen molar-refractivity contribution in [3.63, 3.8) is 0 Å². The van der Waals surface area contributed by atoms with Gasteiger partial charge in [0.25, 0.3) is 0 Å². The minimum atomic E-state index is 0.206. The van der Waals surface area contributed by atoms with Crippen molar-refractivity contribution in [2.75, 3.05) is 31.2 Å². The highest BCUT2D eigenvalue weighted by Gasteiger charge is 2.21. The van der Waals surface area contributed by atoms with E-state index in [1.807, 2.05) is 6.26 Å². The summed E-state index contributed by atoms with van der Waals surface area (Å²) in [5, 5.41) is 3.67. The molecule has 5 nitrogen and oxygen atoms in total. The van der Waals surface area contributed by atoms with Gasteiger partial charge in [0.2, 0.25) is 0 Å². The number of thiazole rings is 1. The van der Waals surface area contributed by atoms with Crippen LogP contribution in [0.15, 0.2) is 41.0 Å². The molecule has 1 aliphatic heterocycles. The van der Waals surface area contributed by atoms with Gasteiger partial charge in [0.1, 0.15) is 16.8 Å². The maximum atomic E-state index is 4.56. The Labute approximate surface area is 155 Å². The molecule has 1 fully saturated rings. The van der Waals surface area contributed by atoms with Gasteiger partial charge in [0.05, 0.1) is 6.04 Å². The molecule has 3 heterocycles. The molecule has 25 heavy (non-hydrogen) atoms. The average molecular weight is 372 g/mol. The Morgan fingerprint density at radius 3 is 2.76 bits per heavy atom. The predicted molar refractivity (Wildman–Crippen MR) is 105 cm³/mol. The second-order valence-corrected chi connectivity index (χ2v) is 8.23. The zero-order chi connectivity index (χ0) is 17.1. The number of anilines is 1. The number of likely N-dealkylation sites (tertiary alicyclic amines) is 1. The fourth-order valence-corrected chi connectivity index (χ4v) is 4.70. The second-order valence-electron chi connectivity index (χ2n) is 6.17. The van der Waals surface area contributed by atoms with Gasteiger partial charge < -0.3 is 10.2 Å². The summed E-state index contributed by atoms with van der Waals surface area (Å²) in [6.07, 6.45) is 6.24. The first-order valence-corrected chi connectivity index (χ1v) is 10.6. The first-order valence-electron chi connectivity index (χ1n) is 8.53. The SMILES string of the molecule is CSc1nc2ncnc(NC(CN3CCCC3)c3ccccc3)c2s1. The molecular weight excluding hydrogens is 350 g/mol. The van der Waals surface area contributed by atoms with E-state index in [1.54, 1.807) is 29.4 Å². The number of benzene rings is 1. The zero-order valence-electron chi connectivity index (χ0n) is 14.2. The van der Waals surface area contributed by atoms with E-state index in [1.165, 1.54) is 31.5 Å². The molecule has 1 aromatic carbocycles. The lowest BCUT2D eigenvalue weighted by Crippen LogP contribution is -2.29. The van der Waals surface area contributed by atoms with E-state index in [4.69, 9.17) is 0 Å². The number of rotatable bonds is 6. The van der Waals surface area contributed by atoms with Gasteiger partial charge in [-0.3, -0.25) is 0 Å². The van der Waals surface area contributed by atoms with Crippen LogP contribution in [0.2, 0.25) is 0 Å². The molecule has 1 saturated heterocycles. The quantitative estimate of drug-likeness (QED) is 0.660. The van der Waals surface area contributed by atoms with E-state index < -0.39 is 0 Å². The molecule has 4 rings (SSSR count). The van der Waals surface area contributed by atoms with Crippen molar-refractivity contribution in [3.05, 3.63) is 42.2 Å². The second kappa shape index (κ2) is 7.68. The largest absolute Gasteiger partial charge is 0.361 e. The topological polar surface area (TPSA) is 53.9 Å². The molecular formula is C18H21N5S2. The molecule has 0 spiro atoms. The third-order valence-electron chi connectivity index (χ3n) is 4.50. The van der Waals surface area contributed by atoms with Crippen LogP contribution in [-0.2, 0) is 0 Å². The highest BCUT2D eigenvalue weighted by molar-refractivity contribution is 8.00. The minimum absolute atomic E-state index is 0.206. The van der Waals surface area contributed by atoms with Gasteiger partial charge in [0, 0.05) is 6.54 Å².